The molecule has 0 fully saturated rings. The Hall–Kier alpha value is -4.46. The Balaban J connectivity index is 1.67. The van der Waals surface area contributed by atoms with Gasteiger partial charge in [-0.1, -0.05) is 30.3 Å². The molecule has 1 aliphatic rings. The predicted molar refractivity (Wildman–Crippen MR) is 122 cm³/mol. The first-order chi connectivity index (χ1) is 16.4. The second-order valence-corrected chi connectivity index (χ2v) is 7.55. The van der Waals surface area contributed by atoms with E-state index >= 15 is 0 Å². The van der Waals surface area contributed by atoms with Crippen molar-refractivity contribution < 1.29 is 33.8 Å². The third-order valence-corrected chi connectivity index (χ3v) is 5.41. The summed E-state index contributed by atoms with van der Waals surface area (Å²) in [6.07, 6.45) is -1.31. The van der Waals surface area contributed by atoms with Crippen LogP contribution in [0.3, 0.4) is 0 Å². The first-order valence-electron chi connectivity index (χ1n) is 10.6. The van der Waals surface area contributed by atoms with Gasteiger partial charge >= 0.3 is 5.97 Å². The van der Waals surface area contributed by atoms with Gasteiger partial charge in [0.15, 0.2) is 5.78 Å². The second-order valence-electron chi connectivity index (χ2n) is 7.55. The standard InChI is InChI=1S/C26H21NO7/c1-2-33-16-13-11-15(12-14-16)27-25(31)23(30)21(22(29)19-9-5-6-10-20(19)28)24-17-7-3-4-8-18(17)26(32)34-24/h3-14,21,24,28H,2H2,1H3,(H,27,31)/t21-,24+/m0/s1. The van der Waals surface area contributed by atoms with Gasteiger partial charge in [0.25, 0.3) is 5.91 Å². The van der Waals surface area contributed by atoms with E-state index in [9.17, 15) is 24.3 Å². The van der Waals surface area contributed by atoms with E-state index in [1.54, 1.807) is 42.5 Å². The average Bonchev–Trinajstić information content (AvgIpc) is 3.17. The number of phenolic OH excluding ortho intramolecular Hbond substituents is 1. The minimum absolute atomic E-state index is 0.157. The quantitative estimate of drug-likeness (QED) is 0.228. The van der Waals surface area contributed by atoms with E-state index in [-0.39, 0.29) is 16.9 Å². The summed E-state index contributed by atoms with van der Waals surface area (Å²) in [6.45, 7) is 2.31. The van der Waals surface area contributed by atoms with Crippen LogP contribution in [0.15, 0.2) is 72.8 Å². The fourth-order valence-corrected chi connectivity index (χ4v) is 3.80. The van der Waals surface area contributed by atoms with Crippen molar-refractivity contribution in [3.8, 4) is 11.5 Å². The molecule has 172 valence electrons. The molecule has 0 saturated heterocycles. The van der Waals surface area contributed by atoms with Crippen LogP contribution in [0.1, 0.15) is 39.3 Å². The van der Waals surface area contributed by atoms with Crippen LogP contribution in [0.5, 0.6) is 11.5 Å². The molecule has 0 saturated carbocycles. The van der Waals surface area contributed by atoms with Gasteiger partial charge in [0.05, 0.1) is 17.7 Å². The second kappa shape index (κ2) is 9.58. The molecule has 0 spiro atoms. The number of ketones is 2. The number of cyclic esters (lactones) is 1. The van der Waals surface area contributed by atoms with E-state index in [1.807, 2.05) is 6.92 Å². The number of esters is 1. The molecule has 0 aromatic heterocycles. The smallest absolute Gasteiger partial charge is 0.339 e. The predicted octanol–water partition coefficient (Wildman–Crippen LogP) is 3.71. The van der Waals surface area contributed by atoms with Crippen LogP contribution < -0.4 is 10.1 Å². The lowest BCUT2D eigenvalue weighted by molar-refractivity contribution is -0.138. The number of carbonyl (C=O) groups is 4. The SMILES string of the molecule is CCOc1ccc(NC(=O)C(=O)[C@H](C(=O)c2ccccc2O)[C@@H]2OC(=O)c3ccccc32)cc1. The first-order valence-corrected chi connectivity index (χ1v) is 10.6. The number of para-hydroxylation sites is 1. The number of phenols is 1. The highest BCUT2D eigenvalue weighted by molar-refractivity contribution is 6.45. The van der Waals surface area contributed by atoms with E-state index in [0.717, 1.165) is 0 Å². The monoisotopic (exact) mass is 459 g/mol. The summed E-state index contributed by atoms with van der Waals surface area (Å²) in [5.41, 5.74) is 0.695. The molecule has 0 radical (unpaired) electrons. The molecule has 1 amide bonds. The number of rotatable bonds is 8. The number of hydrogen-bond donors (Lipinski definition) is 2. The summed E-state index contributed by atoms with van der Waals surface area (Å²) in [5.74, 6) is -5.14. The Morgan fingerprint density at radius 2 is 1.68 bits per heavy atom. The number of carbonyl (C=O) groups excluding carboxylic acids is 4. The summed E-state index contributed by atoms with van der Waals surface area (Å²) in [4.78, 5) is 52.0. The number of nitrogens with one attached hydrogen (secondary N) is 1. The minimum Gasteiger partial charge on any atom is -0.507 e. The molecule has 2 atom stereocenters. The van der Waals surface area contributed by atoms with Gasteiger partial charge in [0.1, 0.15) is 23.5 Å². The number of hydrogen-bond acceptors (Lipinski definition) is 7. The molecule has 1 heterocycles. The summed E-state index contributed by atoms with van der Waals surface area (Å²) >= 11 is 0. The van der Waals surface area contributed by atoms with E-state index in [4.69, 9.17) is 9.47 Å². The number of aromatic hydroxyl groups is 1. The minimum atomic E-state index is -1.69. The van der Waals surface area contributed by atoms with Crippen LogP contribution in [0.25, 0.3) is 0 Å². The van der Waals surface area contributed by atoms with Gasteiger partial charge in [0, 0.05) is 11.3 Å². The van der Waals surface area contributed by atoms with Gasteiger partial charge < -0.3 is 19.9 Å². The molecule has 0 unspecified atom stereocenters. The molecule has 8 nitrogen and oxygen atoms in total. The Labute approximate surface area is 195 Å². The van der Waals surface area contributed by atoms with Crippen molar-refractivity contribution in [2.24, 2.45) is 5.92 Å². The van der Waals surface area contributed by atoms with Crippen molar-refractivity contribution in [1.29, 1.82) is 0 Å². The zero-order chi connectivity index (χ0) is 24.2. The number of ether oxygens (including phenoxy) is 2. The topological polar surface area (TPSA) is 119 Å². The highest BCUT2D eigenvalue weighted by Gasteiger charge is 2.46. The third kappa shape index (κ3) is 4.38. The number of fused-ring (bicyclic) bond motifs is 1. The average molecular weight is 459 g/mol. The summed E-state index contributed by atoms with van der Waals surface area (Å²) < 4.78 is 10.7. The van der Waals surface area contributed by atoms with Crippen molar-refractivity contribution in [1.82, 2.24) is 0 Å². The molecule has 1 aliphatic heterocycles. The van der Waals surface area contributed by atoms with E-state index in [1.165, 1.54) is 30.3 Å². The fraction of sp³-hybridized carbons (Fsp3) is 0.154. The van der Waals surface area contributed by atoms with Crippen LogP contribution in [0.4, 0.5) is 5.69 Å². The number of Topliss-reactive ketones (excluding diaryl/α,β-unsaturated/α-hetero) is 2. The Morgan fingerprint density at radius 1 is 1.00 bits per heavy atom. The maximum Gasteiger partial charge on any atom is 0.339 e. The lowest BCUT2D eigenvalue weighted by Crippen LogP contribution is -2.38. The molecule has 3 aromatic rings. The molecule has 8 heteroatoms. The van der Waals surface area contributed by atoms with Crippen molar-refractivity contribution in [2.45, 2.75) is 13.0 Å². The number of anilines is 1. The Bertz CT molecular complexity index is 1270. The summed E-state index contributed by atoms with van der Waals surface area (Å²) in [6, 6.07) is 18.4. The van der Waals surface area contributed by atoms with Crippen LogP contribution >= 0.6 is 0 Å². The normalized spacial score (nSPS) is 15.1. The van der Waals surface area contributed by atoms with Crippen molar-refractivity contribution in [3.05, 3.63) is 89.5 Å². The van der Waals surface area contributed by atoms with Gasteiger partial charge in [-0.15, -0.1) is 0 Å². The van der Waals surface area contributed by atoms with Gasteiger partial charge in [-0.2, -0.15) is 0 Å². The summed E-state index contributed by atoms with van der Waals surface area (Å²) in [5, 5.41) is 12.7. The van der Waals surface area contributed by atoms with E-state index < -0.39 is 35.5 Å². The first kappa shape index (κ1) is 22.7. The van der Waals surface area contributed by atoms with Crippen LogP contribution in [0.2, 0.25) is 0 Å². The van der Waals surface area contributed by atoms with Crippen molar-refractivity contribution >= 4 is 29.1 Å². The van der Waals surface area contributed by atoms with Gasteiger partial charge in [0.2, 0.25) is 5.78 Å². The maximum absolute atomic E-state index is 13.4. The molecule has 34 heavy (non-hydrogen) atoms. The number of benzene rings is 3. The molecule has 2 N–H and O–H groups in total. The molecule has 0 bridgehead atoms. The zero-order valence-electron chi connectivity index (χ0n) is 18.2. The molecular weight excluding hydrogens is 438 g/mol. The van der Waals surface area contributed by atoms with Crippen LogP contribution in [-0.2, 0) is 14.3 Å². The largest absolute Gasteiger partial charge is 0.507 e. The fourth-order valence-electron chi connectivity index (χ4n) is 3.80. The molecular formula is C26H21NO7. The molecule has 3 aromatic carbocycles. The van der Waals surface area contributed by atoms with E-state index in [2.05, 4.69) is 5.32 Å². The third-order valence-electron chi connectivity index (χ3n) is 5.41. The van der Waals surface area contributed by atoms with Crippen molar-refractivity contribution in [3.63, 3.8) is 0 Å². The zero-order valence-corrected chi connectivity index (χ0v) is 18.2. The maximum atomic E-state index is 13.4. The van der Waals surface area contributed by atoms with Gasteiger partial charge in [-0.05, 0) is 49.4 Å². The van der Waals surface area contributed by atoms with E-state index in [0.29, 0.717) is 23.6 Å². The lowest BCUT2D eigenvalue weighted by Gasteiger charge is -2.21. The lowest BCUT2D eigenvalue weighted by atomic mass is 9.84. The highest BCUT2D eigenvalue weighted by atomic mass is 16.5. The Kier molecular flexibility index (Phi) is 6.40. The summed E-state index contributed by atoms with van der Waals surface area (Å²) in [7, 11) is 0. The molecule has 0 aliphatic carbocycles. The van der Waals surface area contributed by atoms with Gasteiger partial charge in [-0.25, -0.2) is 4.79 Å². The van der Waals surface area contributed by atoms with Crippen molar-refractivity contribution in [2.75, 3.05) is 11.9 Å². The Morgan fingerprint density at radius 3 is 2.38 bits per heavy atom. The van der Waals surface area contributed by atoms with Crippen LogP contribution in [0, 0.1) is 5.92 Å². The van der Waals surface area contributed by atoms with Crippen LogP contribution in [-0.4, -0.2) is 35.2 Å². The van der Waals surface area contributed by atoms with Gasteiger partial charge in [-0.3, -0.25) is 14.4 Å². The number of amides is 1. The molecule has 4 rings (SSSR count). The highest BCUT2D eigenvalue weighted by Crippen LogP contribution is 2.39.